The molecule has 1 aromatic rings. The number of nitriles is 1. The summed E-state index contributed by atoms with van der Waals surface area (Å²) in [5.41, 5.74) is 1.51. The zero-order chi connectivity index (χ0) is 11.8. The Bertz CT molecular complexity index is 393. The van der Waals surface area contributed by atoms with Crippen LogP contribution in [0.2, 0.25) is 0 Å². The molecule has 84 valence electrons. The average molecular weight is 217 g/mol. The molecule has 0 unspecified atom stereocenters. The third-order valence-electron chi connectivity index (χ3n) is 2.13. The van der Waals surface area contributed by atoms with Crippen LogP contribution in [0, 0.1) is 11.3 Å². The minimum Gasteiger partial charge on any atom is -0.496 e. The molecular weight excluding hydrogens is 202 g/mol. The summed E-state index contributed by atoms with van der Waals surface area (Å²) in [6.45, 7) is 4.70. The fourth-order valence-corrected chi connectivity index (χ4v) is 1.31. The Labute approximate surface area is 95.9 Å². The molecule has 0 aliphatic carbocycles. The molecule has 16 heavy (non-hydrogen) atoms. The SMILES string of the molecule is C=CCCOCc1cc(C#N)ccc1OC. The third kappa shape index (κ3) is 3.41. The summed E-state index contributed by atoms with van der Waals surface area (Å²) in [7, 11) is 1.61. The van der Waals surface area contributed by atoms with Crippen LogP contribution in [0.15, 0.2) is 30.9 Å². The molecule has 0 aromatic heterocycles. The molecule has 1 rings (SSSR count). The first-order valence-corrected chi connectivity index (χ1v) is 5.07. The van der Waals surface area contributed by atoms with Gasteiger partial charge in [0.2, 0.25) is 0 Å². The predicted molar refractivity (Wildman–Crippen MR) is 62.2 cm³/mol. The van der Waals surface area contributed by atoms with Gasteiger partial charge in [-0.15, -0.1) is 6.58 Å². The van der Waals surface area contributed by atoms with Crippen molar-refractivity contribution >= 4 is 0 Å². The van der Waals surface area contributed by atoms with Gasteiger partial charge in [0.1, 0.15) is 5.75 Å². The van der Waals surface area contributed by atoms with Gasteiger partial charge in [-0.1, -0.05) is 6.08 Å². The molecular formula is C13H15NO2. The normalized spacial score (nSPS) is 9.50. The molecule has 0 heterocycles. The second-order valence-corrected chi connectivity index (χ2v) is 3.27. The van der Waals surface area contributed by atoms with Crippen molar-refractivity contribution in [2.75, 3.05) is 13.7 Å². The van der Waals surface area contributed by atoms with Gasteiger partial charge in [0.05, 0.1) is 32.0 Å². The molecule has 3 nitrogen and oxygen atoms in total. The van der Waals surface area contributed by atoms with Crippen LogP contribution in [0.1, 0.15) is 17.5 Å². The van der Waals surface area contributed by atoms with E-state index in [0.717, 1.165) is 17.7 Å². The maximum Gasteiger partial charge on any atom is 0.124 e. The lowest BCUT2D eigenvalue weighted by Gasteiger charge is -2.08. The molecule has 0 aliphatic heterocycles. The van der Waals surface area contributed by atoms with E-state index in [1.54, 1.807) is 25.3 Å². The van der Waals surface area contributed by atoms with Gasteiger partial charge in [-0.05, 0) is 24.6 Å². The van der Waals surface area contributed by atoms with Crippen molar-refractivity contribution in [3.63, 3.8) is 0 Å². The van der Waals surface area contributed by atoms with E-state index in [0.29, 0.717) is 18.8 Å². The van der Waals surface area contributed by atoms with Crippen LogP contribution in [0.25, 0.3) is 0 Å². The van der Waals surface area contributed by atoms with Crippen molar-refractivity contribution in [1.29, 1.82) is 5.26 Å². The molecule has 0 N–H and O–H groups in total. The van der Waals surface area contributed by atoms with Gasteiger partial charge in [0, 0.05) is 5.56 Å². The number of hydrogen-bond donors (Lipinski definition) is 0. The molecule has 0 saturated carbocycles. The topological polar surface area (TPSA) is 42.2 Å². The first-order chi connectivity index (χ1) is 7.81. The number of methoxy groups -OCH3 is 1. The molecule has 0 aliphatic rings. The van der Waals surface area contributed by atoms with E-state index in [1.165, 1.54) is 0 Å². The Hall–Kier alpha value is -1.79. The smallest absolute Gasteiger partial charge is 0.124 e. The molecule has 0 fully saturated rings. The molecule has 0 saturated heterocycles. The highest BCUT2D eigenvalue weighted by molar-refractivity contribution is 5.41. The van der Waals surface area contributed by atoms with Crippen molar-refractivity contribution in [2.45, 2.75) is 13.0 Å². The highest BCUT2D eigenvalue weighted by Crippen LogP contribution is 2.20. The van der Waals surface area contributed by atoms with Crippen molar-refractivity contribution in [3.8, 4) is 11.8 Å². The van der Waals surface area contributed by atoms with Gasteiger partial charge >= 0.3 is 0 Å². The zero-order valence-corrected chi connectivity index (χ0v) is 9.40. The highest BCUT2D eigenvalue weighted by atomic mass is 16.5. The Morgan fingerprint density at radius 1 is 1.50 bits per heavy atom. The van der Waals surface area contributed by atoms with E-state index in [2.05, 4.69) is 12.6 Å². The van der Waals surface area contributed by atoms with Crippen molar-refractivity contribution in [2.24, 2.45) is 0 Å². The number of benzene rings is 1. The lowest BCUT2D eigenvalue weighted by atomic mass is 10.1. The second kappa shape index (κ2) is 6.65. The summed E-state index contributed by atoms with van der Waals surface area (Å²) in [6, 6.07) is 7.39. The van der Waals surface area contributed by atoms with Crippen molar-refractivity contribution in [1.82, 2.24) is 0 Å². The van der Waals surface area contributed by atoms with Gasteiger partial charge in [0.15, 0.2) is 0 Å². The van der Waals surface area contributed by atoms with E-state index in [1.807, 2.05) is 6.08 Å². The molecule has 0 spiro atoms. The fourth-order valence-electron chi connectivity index (χ4n) is 1.31. The van der Waals surface area contributed by atoms with E-state index < -0.39 is 0 Å². The highest BCUT2D eigenvalue weighted by Gasteiger charge is 2.04. The van der Waals surface area contributed by atoms with Crippen LogP contribution < -0.4 is 4.74 Å². The Kier molecular flexibility index (Phi) is 5.10. The van der Waals surface area contributed by atoms with Crippen molar-refractivity contribution < 1.29 is 9.47 Å². The standard InChI is InChI=1S/C13H15NO2/c1-3-4-7-16-10-12-8-11(9-14)5-6-13(12)15-2/h3,5-6,8H,1,4,7,10H2,2H3. The minimum atomic E-state index is 0.451. The second-order valence-electron chi connectivity index (χ2n) is 3.27. The van der Waals surface area contributed by atoms with E-state index in [4.69, 9.17) is 14.7 Å². The lowest BCUT2D eigenvalue weighted by molar-refractivity contribution is 0.123. The van der Waals surface area contributed by atoms with Gasteiger partial charge in [0.25, 0.3) is 0 Å². The first-order valence-electron chi connectivity index (χ1n) is 5.07. The maximum atomic E-state index is 8.79. The lowest BCUT2D eigenvalue weighted by Crippen LogP contribution is -1.98. The summed E-state index contributed by atoms with van der Waals surface area (Å²) in [4.78, 5) is 0. The van der Waals surface area contributed by atoms with Gasteiger partial charge in [-0.25, -0.2) is 0 Å². The summed E-state index contributed by atoms with van der Waals surface area (Å²) in [5.74, 6) is 0.748. The summed E-state index contributed by atoms with van der Waals surface area (Å²) in [6.07, 6.45) is 2.63. The fraction of sp³-hybridized carbons (Fsp3) is 0.308. The Balaban J connectivity index is 2.68. The summed E-state index contributed by atoms with van der Waals surface area (Å²) in [5, 5.41) is 8.79. The average Bonchev–Trinajstić information content (AvgIpc) is 2.34. The molecule has 1 aromatic carbocycles. The molecule has 0 atom stereocenters. The Morgan fingerprint density at radius 2 is 2.31 bits per heavy atom. The number of hydrogen-bond acceptors (Lipinski definition) is 3. The van der Waals surface area contributed by atoms with Crippen LogP contribution in [-0.4, -0.2) is 13.7 Å². The number of nitrogens with zero attached hydrogens (tertiary/aromatic N) is 1. The largest absolute Gasteiger partial charge is 0.496 e. The molecule has 0 bridgehead atoms. The van der Waals surface area contributed by atoms with E-state index in [9.17, 15) is 0 Å². The van der Waals surface area contributed by atoms with Gasteiger partial charge < -0.3 is 9.47 Å². The maximum absolute atomic E-state index is 8.79. The van der Waals surface area contributed by atoms with Crippen molar-refractivity contribution in [3.05, 3.63) is 42.0 Å². The van der Waals surface area contributed by atoms with Crippen LogP contribution in [0.3, 0.4) is 0 Å². The third-order valence-corrected chi connectivity index (χ3v) is 2.13. The Morgan fingerprint density at radius 3 is 2.94 bits per heavy atom. The van der Waals surface area contributed by atoms with Crippen LogP contribution in [0.4, 0.5) is 0 Å². The van der Waals surface area contributed by atoms with Crippen LogP contribution in [-0.2, 0) is 11.3 Å². The number of ether oxygens (including phenoxy) is 2. The molecule has 0 amide bonds. The van der Waals surface area contributed by atoms with E-state index in [-0.39, 0.29) is 0 Å². The number of rotatable bonds is 6. The van der Waals surface area contributed by atoms with Gasteiger partial charge in [-0.3, -0.25) is 0 Å². The predicted octanol–water partition coefficient (Wildman–Crippen LogP) is 2.66. The van der Waals surface area contributed by atoms with Gasteiger partial charge in [-0.2, -0.15) is 5.26 Å². The van der Waals surface area contributed by atoms with Crippen LogP contribution in [0.5, 0.6) is 5.75 Å². The van der Waals surface area contributed by atoms with Crippen LogP contribution >= 0.6 is 0 Å². The summed E-state index contributed by atoms with van der Waals surface area (Å²) < 4.78 is 10.6. The monoisotopic (exact) mass is 217 g/mol. The molecule has 0 radical (unpaired) electrons. The quantitative estimate of drug-likeness (QED) is 0.543. The first kappa shape index (κ1) is 12.3. The summed E-state index contributed by atoms with van der Waals surface area (Å²) >= 11 is 0. The minimum absolute atomic E-state index is 0.451. The van der Waals surface area contributed by atoms with E-state index >= 15 is 0 Å². The molecule has 3 heteroatoms. The zero-order valence-electron chi connectivity index (χ0n) is 9.40.